The molecule has 4 nitrogen and oxygen atoms in total. The molecule has 98 valence electrons. The maximum absolute atomic E-state index is 5.92. The summed E-state index contributed by atoms with van der Waals surface area (Å²) < 4.78 is 11.4. The summed E-state index contributed by atoms with van der Waals surface area (Å²) in [6.45, 7) is 7.07. The summed E-state index contributed by atoms with van der Waals surface area (Å²) >= 11 is 0. The van der Waals surface area contributed by atoms with Crippen molar-refractivity contribution in [1.82, 2.24) is 10.2 Å². The van der Waals surface area contributed by atoms with Crippen molar-refractivity contribution >= 4 is 0 Å². The van der Waals surface area contributed by atoms with E-state index < -0.39 is 0 Å². The van der Waals surface area contributed by atoms with Crippen LogP contribution in [-0.4, -0.2) is 56.9 Å². The van der Waals surface area contributed by atoms with Crippen molar-refractivity contribution < 1.29 is 9.47 Å². The first kappa shape index (κ1) is 12.9. The van der Waals surface area contributed by atoms with Crippen LogP contribution in [0.2, 0.25) is 0 Å². The van der Waals surface area contributed by atoms with Crippen LogP contribution in [0.15, 0.2) is 11.8 Å². The second-order valence-electron chi connectivity index (χ2n) is 4.74. The Hall–Kier alpha value is -0.580. The Morgan fingerprint density at radius 3 is 3.06 bits per heavy atom. The highest BCUT2D eigenvalue weighted by Gasteiger charge is 2.29. The summed E-state index contributed by atoms with van der Waals surface area (Å²) in [6, 6.07) is 0.296. The molecule has 2 atom stereocenters. The van der Waals surface area contributed by atoms with Crippen molar-refractivity contribution in [3.05, 3.63) is 11.8 Å². The maximum atomic E-state index is 5.92. The predicted octanol–water partition coefficient (Wildman–Crippen LogP) is 0.989. The van der Waals surface area contributed by atoms with Crippen molar-refractivity contribution in [2.75, 3.05) is 39.9 Å². The zero-order valence-corrected chi connectivity index (χ0v) is 10.9. The third-order valence-corrected chi connectivity index (χ3v) is 3.67. The van der Waals surface area contributed by atoms with E-state index in [9.17, 15) is 0 Å². The number of rotatable bonds is 4. The lowest BCUT2D eigenvalue weighted by Crippen LogP contribution is -2.52. The summed E-state index contributed by atoms with van der Waals surface area (Å²) in [7, 11) is 2.01. The molecular formula is C13H24N2O2. The molecule has 0 saturated carbocycles. The lowest BCUT2D eigenvalue weighted by Gasteiger charge is -2.37. The molecule has 4 heteroatoms. The van der Waals surface area contributed by atoms with Gasteiger partial charge in [-0.05, 0) is 32.0 Å². The fourth-order valence-corrected chi connectivity index (χ4v) is 2.64. The molecule has 0 aliphatic carbocycles. The molecule has 0 aromatic rings. The first-order valence-electron chi connectivity index (χ1n) is 6.67. The van der Waals surface area contributed by atoms with Crippen LogP contribution in [0.1, 0.15) is 19.8 Å². The van der Waals surface area contributed by atoms with E-state index in [1.165, 1.54) is 5.57 Å². The normalized spacial score (nSPS) is 28.4. The minimum Gasteiger partial charge on any atom is -0.501 e. The van der Waals surface area contributed by atoms with Gasteiger partial charge >= 0.3 is 0 Å². The Kier molecular flexibility index (Phi) is 4.83. The van der Waals surface area contributed by atoms with Crippen LogP contribution < -0.4 is 5.32 Å². The molecule has 2 heterocycles. The van der Waals surface area contributed by atoms with E-state index >= 15 is 0 Å². The van der Waals surface area contributed by atoms with Crippen molar-refractivity contribution in [1.29, 1.82) is 0 Å². The van der Waals surface area contributed by atoms with Crippen molar-refractivity contribution in [2.45, 2.75) is 31.9 Å². The Labute approximate surface area is 104 Å². The van der Waals surface area contributed by atoms with E-state index in [0.717, 1.165) is 45.7 Å². The fraction of sp³-hybridized carbons (Fsp3) is 0.846. The smallest absolute Gasteiger partial charge is 0.0894 e. The number of likely N-dealkylation sites (N-methyl/N-ethyl adjacent to an activating group) is 2. The third-order valence-electron chi connectivity index (χ3n) is 3.67. The highest BCUT2D eigenvalue weighted by atomic mass is 16.5. The average molecular weight is 240 g/mol. The molecule has 0 aromatic heterocycles. The van der Waals surface area contributed by atoms with E-state index in [0.29, 0.717) is 6.04 Å². The molecule has 1 saturated heterocycles. The van der Waals surface area contributed by atoms with Crippen LogP contribution in [0, 0.1) is 0 Å². The minimum absolute atomic E-state index is 0.252. The second kappa shape index (κ2) is 6.38. The maximum Gasteiger partial charge on any atom is 0.0894 e. The van der Waals surface area contributed by atoms with Crippen LogP contribution in [-0.2, 0) is 9.47 Å². The second-order valence-corrected chi connectivity index (χ2v) is 4.74. The molecule has 2 unspecified atom stereocenters. The topological polar surface area (TPSA) is 33.7 Å². The van der Waals surface area contributed by atoms with E-state index in [1.807, 2.05) is 13.3 Å². The van der Waals surface area contributed by atoms with E-state index in [1.54, 1.807) is 0 Å². The summed E-state index contributed by atoms with van der Waals surface area (Å²) in [6.07, 6.45) is 4.42. The average Bonchev–Trinajstić information content (AvgIpc) is 2.41. The van der Waals surface area contributed by atoms with Gasteiger partial charge < -0.3 is 14.8 Å². The highest BCUT2D eigenvalue weighted by molar-refractivity contribution is 5.13. The Balaban J connectivity index is 1.99. The Morgan fingerprint density at radius 2 is 2.41 bits per heavy atom. The third kappa shape index (κ3) is 3.21. The van der Waals surface area contributed by atoms with Gasteiger partial charge in [-0.25, -0.2) is 0 Å². The first-order valence-corrected chi connectivity index (χ1v) is 6.67. The lowest BCUT2D eigenvalue weighted by atomic mass is 9.96. The molecule has 17 heavy (non-hydrogen) atoms. The van der Waals surface area contributed by atoms with Gasteiger partial charge in [-0.1, -0.05) is 6.92 Å². The molecule has 0 radical (unpaired) electrons. The van der Waals surface area contributed by atoms with Gasteiger partial charge in [0.1, 0.15) is 0 Å². The van der Waals surface area contributed by atoms with Gasteiger partial charge in [-0.2, -0.15) is 0 Å². The van der Waals surface area contributed by atoms with Crippen molar-refractivity contribution in [3.63, 3.8) is 0 Å². The van der Waals surface area contributed by atoms with Crippen LogP contribution in [0.5, 0.6) is 0 Å². The summed E-state index contributed by atoms with van der Waals surface area (Å²) in [5.74, 6) is 0. The molecule has 0 aromatic carbocycles. The van der Waals surface area contributed by atoms with Gasteiger partial charge in [0.25, 0.3) is 0 Å². The Morgan fingerprint density at radius 1 is 1.53 bits per heavy atom. The van der Waals surface area contributed by atoms with Crippen LogP contribution in [0.3, 0.4) is 0 Å². The molecule has 0 amide bonds. The molecule has 0 spiro atoms. The molecular weight excluding hydrogens is 216 g/mol. The Bertz CT molecular complexity index is 268. The summed E-state index contributed by atoms with van der Waals surface area (Å²) in [5.41, 5.74) is 1.35. The van der Waals surface area contributed by atoms with Gasteiger partial charge in [0.05, 0.1) is 31.6 Å². The number of ether oxygens (including phenoxy) is 2. The zero-order chi connectivity index (χ0) is 12.1. The fourth-order valence-electron chi connectivity index (χ4n) is 2.64. The van der Waals surface area contributed by atoms with Gasteiger partial charge in [0, 0.05) is 13.1 Å². The van der Waals surface area contributed by atoms with Crippen molar-refractivity contribution in [3.8, 4) is 0 Å². The van der Waals surface area contributed by atoms with Crippen LogP contribution >= 0.6 is 0 Å². The molecule has 0 bridgehead atoms. The predicted molar refractivity (Wildman–Crippen MR) is 68.0 cm³/mol. The monoisotopic (exact) mass is 240 g/mol. The molecule has 2 aliphatic heterocycles. The van der Waals surface area contributed by atoms with Gasteiger partial charge in [0.2, 0.25) is 0 Å². The van der Waals surface area contributed by atoms with Gasteiger partial charge in [-0.3, -0.25) is 4.90 Å². The summed E-state index contributed by atoms with van der Waals surface area (Å²) in [4.78, 5) is 2.45. The van der Waals surface area contributed by atoms with Crippen molar-refractivity contribution in [2.24, 2.45) is 0 Å². The molecule has 2 aliphatic rings. The SMILES string of the molecule is CCN1CCOC(C(NC)C2=COCCC2)C1. The molecule has 1 N–H and O–H groups in total. The van der Waals surface area contributed by atoms with E-state index in [2.05, 4.69) is 17.1 Å². The zero-order valence-electron chi connectivity index (χ0n) is 10.9. The number of nitrogens with one attached hydrogen (secondary N) is 1. The van der Waals surface area contributed by atoms with Gasteiger partial charge in [-0.15, -0.1) is 0 Å². The number of morpholine rings is 1. The number of hydrogen-bond acceptors (Lipinski definition) is 4. The van der Waals surface area contributed by atoms with Gasteiger partial charge in [0.15, 0.2) is 0 Å². The van der Waals surface area contributed by atoms with Crippen LogP contribution in [0.25, 0.3) is 0 Å². The lowest BCUT2D eigenvalue weighted by molar-refractivity contribution is -0.0392. The number of hydrogen-bond donors (Lipinski definition) is 1. The molecule has 1 fully saturated rings. The van der Waals surface area contributed by atoms with Crippen LogP contribution in [0.4, 0.5) is 0 Å². The first-order chi connectivity index (χ1) is 8.35. The highest BCUT2D eigenvalue weighted by Crippen LogP contribution is 2.21. The van der Waals surface area contributed by atoms with E-state index in [4.69, 9.17) is 9.47 Å². The molecule has 2 rings (SSSR count). The minimum atomic E-state index is 0.252. The largest absolute Gasteiger partial charge is 0.501 e. The standard InChI is InChI=1S/C13H24N2O2/c1-3-15-6-8-17-12(9-15)13(14-2)11-5-4-7-16-10-11/h10,12-14H,3-9H2,1-2H3. The number of nitrogens with zero attached hydrogens (tertiary/aromatic N) is 1. The van der Waals surface area contributed by atoms with E-state index in [-0.39, 0.29) is 6.10 Å². The quantitative estimate of drug-likeness (QED) is 0.794. The summed E-state index contributed by atoms with van der Waals surface area (Å²) in [5, 5.41) is 3.39.